The summed E-state index contributed by atoms with van der Waals surface area (Å²) in [5.74, 6) is 0.922. The number of aliphatic hydroxyl groups is 2. The van der Waals surface area contributed by atoms with Crippen LogP contribution in [-0.2, 0) is 0 Å². The van der Waals surface area contributed by atoms with E-state index in [0.717, 1.165) is 51.1 Å². The smallest absolute Gasteiger partial charge is 0.0664 e. The van der Waals surface area contributed by atoms with Gasteiger partial charge in [-0.1, -0.05) is 117 Å². The molecular weight excluding hydrogens is 370 g/mol. The molecule has 3 heteroatoms. The summed E-state index contributed by atoms with van der Waals surface area (Å²) in [6.07, 6.45) is 26.0. The molecule has 182 valence electrons. The molecule has 0 saturated heterocycles. The Balaban J connectivity index is 3.22. The van der Waals surface area contributed by atoms with E-state index in [9.17, 15) is 5.11 Å². The van der Waals surface area contributed by atoms with Gasteiger partial charge in [0.25, 0.3) is 0 Å². The van der Waals surface area contributed by atoms with Gasteiger partial charge in [-0.05, 0) is 38.1 Å². The Labute approximate surface area is 189 Å². The van der Waals surface area contributed by atoms with Gasteiger partial charge in [0.2, 0.25) is 0 Å². The topological polar surface area (TPSA) is 52.5 Å². The summed E-state index contributed by atoms with van der Waals surface area (Å²) in [6, 6.07) is 0. The minimum atomic E-state index is -0.194. The van der Waals surface area contributed by atoms with E-state index in [1.54, 1.807) is 0 Å². The van der Waals surface area contributed by atoms with Gasteiger partial charge in [-0.15, -0.1) is 0 Å². The first kappa shape index (κ1) is 29.9. The third-order valence-corrected chi connectivity index (χ3v) is 6.43. The summed E-state index contributed by atoms with van der Waals surface area (Å²) in [6.45, 7) is 6.71. The van der Waals surface area contributed by atoms with Crippen LogP contribution in [0.25, 0.3) is 0 Å². The summed E-state index contributed by atoms with van der Waals surface area (Å²) < 4.78 is 0. The molecule has 0 amide bonds. The van der Waals surface area contributed by atoms with Crippen molar-refractivity contribution in [1.82, 2.24) is 5.32 Å². The molecule has 2 unspecified atom stereocenters. The van der Waals surface area contributed by atoms with Crippen LogP contribution in [0.5, 0.6) is 0 Å². The second-order valence-electron chi connectivity index (χ2n) is 9.71. The molecule has 0 saturated carbocycles. The molecule has 0 bridgehead atoms. The Kier molecular flexibility index (Phi) is 25.0. The highest BCUT2D eigenvalue weighted by molar-refractivity contribution is 4.61. The van der Waals surface area contributed by atoms with Crippen molar-refractivity contribution in [2.24, 2.45) is 5.92 Å². The molecular formula is C27H57NO2. The van der Waals surface area contributed by atoms with Crippen molar-refractivity contribution in [2.45, 2.75) is 148 Å². The molecule has 0 aromatic rings. The zero-order valence-corrected chi connectivity index (χ0v) is 20.8. The largest absolute Gasteiger partial charge is 0.396 e. The zero-order chi connectivity index (χ0) is 22.1. The molecule has 3 N–H and O–H groups in total. The zero-order valence-electron chi connectivity index (χ0n) is 20.8. The third-order valence-electron chi connectivity index (χ3n) is 6.43. The molecule has 0 aromatic heterocycles. The quantitative estimate of drug-likeness (QED) is 0.133. The predicted molar refractivity (Wildman–Crippen MR) is 133 cm³/mol. The normalized spacial score (nSPS) is 13.6. The van der Waals surface area contributed by atoms with E-state index in [-0.39, 0.29) is 6.10 Å². The number of hydrogen-bond acceptors (Lipinski definition) is 3. The summed E-state index contributed by atoms with van der Waals surface area (Å²) in [4.78, 5) is 0. The van der Waals surface area contributed by atoms with Crippen LogP contribution in [0.3, 0.4) is 0 Å². The van der Waals surface area contributed by atoms with Gasteiger partial charge in [-0.25, -0.2) is 0 Å². The van der Waals surface area contributed by atoms with Gasteiger partial charge in [0.05, 0.1) is 6.10 Å². The Hall–Kier alpha value is -0.120. The van der Waals surface area contributed by atoms with Gasteiger partial charge in [-0.2, -0.15) is 0 Å². The fraction of sp³-hybridized carbons (Fsp3) is 1.00. The maximum Gasteiger partial charge on any atom is 0.0664 e. The van der Waals surface area contributed by atoms with E-state index in [1.165, 1.54) is 96.3 Å². The van der Waals surface area contributed by atoms with Gasteiger partial charge in [-0.3, -0.25) is 0 Å². The molecule has 0 aliphatic heterocycles. The average Bonchev–Trinajstić information content (AvgIpc) is 2.74. The Morgan fingerprint density at radius 2 is 1.07 bits per heavy atom. The van der Waals surface area contributed by atoms with Gasteiger partial charge < -0.3 is 15.5 Å². The monoisotopic (exact) mass is 427 g/mol. The predicted octanol–water partition coefficient (Wildman–Crippen LogP) is 7.39. The van der Waals surface area contributed by atoms with E-state index in [4.69, 9.17) is 5.11 Å². The molecule has 0 aliphatic carbocycles. The first-order valence-electron chi connectivity index (χ1n) is 13.7. The van der Waals surface area contributed by atoms with Crippen molar-refractivity contribution < 1.29 is 10.2 Å². The summed E-state index contributed by atoms with van der Waals surface area (Å²) in [5, 5.41) is 22.1. The van der Waals surface area contributed by atoms with E-state index < -0.39 is 0 Å². The molecule has 0 heterocycles. The lowest BCUT2D eigenvalue weighted by atomic mass is 9.95. The number of aliphatic hydroxyl groups excluding tert-OH is 2. The third kappa shape index (κ3) is 24.2. The Morgan fingerprint density at radius 1 is 0.600 bits per heavy atom. The van der Waals surface area contributed by atoms with Gasteiger partial charge >= 0.3 is 0 Å². The van der Waals surface area contributed by atoms with Crippen molar-refractivity contribution in [1.29, 1.82) is 0 Å². The van der Waals surface area contributed by atoms with Crippen LogP contribution in [0.4, 0.5) is 0 Å². The molecule has 0 radical (unpaired) electrons. The van der Waals surface area contributed by atoms with Crippen molar-refractivity contribution in [2.75, 3.05) is 19.7 Å². The molecule has 30 heavy (non-hydrogen) atoms. The SMILES string of the molecule is CCCCCCCCCC(C)CCCCCCCCCC(O)CNCCCCCO. The van der Waals surface area contributed by atoms with Crippen LogP contribution in [0, 0.1) is 5.92 Å². The maximum atomic E-state index is 10.00. The van der Waals surface area contributed by atoms with Gasteiger partial charge in [0, 0.05) is 13.2 Å². The molecule has 0 rings (SSSR count). The second-order valence-corrected chi connectivity index (χ2v) is 9.71. The molecule has 0 spiro atoms. The highest BCUT2D eigenvalue weighted by Crippen LogP contribution is 2.19. The standard InChI is InChI=1S/C27H57NO2/c1-3-4-5-6-8-11-15-20-26(2)21-16-12-9-7-10-13-17-22-27(30)25-28-23-18-14-19-24-29/h26-30H,3-25H2,1-2H3. The van der Waals surface area contributed by atoms with E-state index in [0.29, 0.717) is 6.61 Å². The minimum Gasteiger partial charge on any atom is -0.396 e. The van der Waals surface area contributed by atoms with Crippen LogP contribution >= 0.6 is 0 Å². The van der Waals surface area contributed by atoms with Crippen LogP contribution in [0.15, 0.2) is 0 Å². The van der Waals surface area contributed by atoms with Crippen LogP contribution in [0.1, 0.15) is 142 Å². The molecule has 3 nitrogen and oxygen atoms in total. The van der Waals surface area contributed by atoms with Crippen LogP contribution in [0.2, 0.25) is 0 Å². The molecule has 0 fully saturated rings. The van der Waals surface area contributed by atoms with Crippen molar-refractivity contribution >= 4 is 0 Å². The van der Waals surface area contributed by atoms with Crippen molar-refractivity contribution in [3.63, 3.8) is 0 Å². The summed E-state index contributed by atoms with van der Waals surface area (Å²) in [5.41, 5.74) is 0. The van der Waals surface area contributed by atoms with Gasteiger partial charge in [0.15, 0.2) is 0 Å². The first-order chi connectivity index (χ1) is 14.7. The van der Waals surface area contributed by atoms with Crippen molar-refractivity contribution in [3.05, 3.63) is 0 Å². The minimum absolute atomic E-state index is 0.194. The summed E-state index contributed by atoms with van der Waals surface area (Å²) in [7, 11) is 0. The summed E-state index contributed by atoms with van der Waals surface area (Å²) >= 11 is 0. The number of unbranched alkanes of at least 4 members (excludes halogenated alkanes) is 14. The lowest BCUT2D eigenvalue weighted by Crippen LogP contribution is -2.27. The highest BCUT2D eigenvalue weighted by Gasteiger charge is 2.04. The first-order valence-corrected chi connectivity index (χ1v) is 13.7. The van der Waals surface area contributed by atoms with Gasteiger partial charge in [0.1, 0.15) is 0 Å². The van der Waals surface area contributed by atoms with E-state index in [2.05, 4.69) is 19.2 Å². The maximum absolute atomic E-state index is 10.00. The Bertz CT molecular complexity index is 311. The van der Waals surface area contributed by atoms with Crippen LogP contribution < -0.4 is 5.32 Å². The number of nitrogens with one attached hydrogen (secondary N) is 1. The van der Waals surface area contributed by atoms with Crippen LogP contribution in [-0.4, -0.2) is 36.0 Å². The van der Waals surface area contributed by atoms with E-state index in [1.807, 2.05) is 0 Å². The second kappa shape index (κ2) is 25.1. The fourth-order valence-corrected chi connectivity index (χ4v) is 4.26. The number of rotatable bonds is 25. The molecule has 0 aliphatic rings. The lowest BCUT2D eigenvalue weighted by molar-refractivity contribution is 0.157. The lowest BCUT2D eigenvalue weighted by Gasteiger charge is -2.12. The molecule has 0 aromatic carbocycles. The number of hydrogen-bond donors (Lipinski definition) is 3. The van der Waals surface area contributed by atoms with E-state index >= 15 is 0 Å². The average molecular weight is 428 g/mol. The fourth-order valence-electron chi connectivity index (χ4n) is 4.26. The van der Waals surface area contributed by atoms with Crippen molar-refractivity contribution in [3.8, 4) is 0 Å². The highest BCUT2D eigenvalue weighted by atomic mass is 16.3. The molecule has 2 atom stereocenters. The Morgan fingerprint density at radius 3 is 1.60 bits per heavy atom.